The molecule has 1 aliphatic carbocycles. The van der Waals surface area contributed by atoms with E-state index in [-0.39, 0.29) is 0 Å². The summed E-state index contributed by atoms with van der Waals surface area (Å²) >= 11 is 0. The molecular weight excluding hydrogens is 182 g/mol. The van der Waals surface area contributed by atoms with Crippen LogP contribution in [0, 0.1) is 0 Å². The number of nitrogens with one attached hydrogen (secondary N) is 1. The van der Waals surface area contributed by atoms with Gasteiger partial charge in [-0.25, -0.2) is 0 Å². The Morgan fingerprint density at radius 3 is 2.47 bits per heavy atom. The Balaban J connectivity index is 1.91. The van der Waals surface area contributed by atoms with Crippen molar-refractivity contribution in [1.29, 1.82) is 0 Å². The monoisotopic (exact) mass is 209 g/mol. The molecule has 15 heavy (non-hydrogen) atoms. The van der Waals surface area contributed by atoms with Crippen LogP contribution in [0.3, 0.4) is 0 Å². The van der Waals surface area contributed by atoms with Gasteiger partial charge in [-0.15, -0.1) is 0 Å². The molecule has 0 aromatic heterocycles. The highest BCUT2D eigenvalue weighted by Crippen LogP contribution is 2.12. The van der Waals surface area contributed by atoms with Gasteiger partial charge in [0.05, 0.1) is 0 Å². The number of hydrogen-bond acceptors (Lipinski definition) is 1. The first-order chi connectivity index (χ1) is 7.33. The topological polar surface area (TPSA) is 12.0 Å². The van der Waals surface area contributed by atoms with Gasteiger partial charge in [0.2, 0.25) is 0 Å². The highest BCUT2D eigenvalue weighted by Gasteiger charge is 2.12. The quantitative estimate of drug-likeness (QED) is 0.470. The first kappa shape index (κ1) is 12.8. The van der Waals surface area contributed by atoms with Crippen molar-refractivity contribution in [1.82, 2.24) is 5.32 Å². The summed E-state index contributed by atoms with van der Waals surface area (Å²) in [4.78, 5) is 0. The normalized spacial score (nSPS) is 18.5. The van der Waals surface area contributed by atoms with Crippen LogP contribution in [-0.2, 0) is 0 Å². The maximum Gasteiger partial charge on any atom is 0.0138 e. The van der Waals surface area contributed by atoms with Crippen LogP contribution in [0.25, 0.3) is 0 Å². The van der Waals surface area contributed by atoms with Gasteiger partial charge in [0.15, 0.2) is 0 Å². The van der Waals surface area contributed by atoms with E-state index in [9.17, 15) is 0 Å². The second kappa shape index (κ2) is 7.92. The van der Waals surface area contributed by atoms with Crippen molar-refractivity contribution in [2.45, 2.75) is 77.3 Å². The van der Waals surface area contributed by atoms with Gasteiger partial charge in [0.25, 0.3) is 0 Å². The van der Waals surface area contributed by atoms with E-state index in [0.717, 1.165) is 6.04 Å². The first-order valence-electron chi connectivity index (χ1n) is 6.74. The zero-order valence-electron chi connectivity index (χ0n) is 10.5. The zero-order valence-corrected chi connectivity index (χ0v) is 10.5. The van der Waals surface area contributed by atoms with Crippen LogP contribution < -0.4 is 5.32 Å². The summed E-state index contributed by atoms with van der Waals surface area (Å²) in [6, 6.07) is 1.44. The number of rotatable bonds is 8. The van der Waals surface area contributed by atoms with E-state index in [1.54, 1.807) is 0 Å². The average Bonchev–Trinajstić information content (AvgIpc) is 2.70. The molecule has 1 aliphatic rings. The molecule has 1 N–H and O–H groups in total. The molecule has 0 saturated heterocycles. The number of hydrogen-bond donors (Lipinski definition) is 1. The molecule has 1 unspecified atom stereocenters. The van der Waals surface area contributed by atoms with E-state index in [1.165, 1.54) is 51.4 Å². The predicted octanol–water partition coefficient (Wildman–Crippen LogP) is 4.04. The minimum atomic E-state index is 0.705. The SMILES string of the molecule is CCCCCCCC(C)NC1CC=CC1. The fourth-order valence-corrected chi connectivity index (χ4v) is 2.29. The van der Waals surface area contributed by atoms with Crippen molar-refractivity contribution in [3.63, 3.8) is 0 Å². The van der Waals surface area contributed by atoms with Crippen LogP contribution in [0.1, 0.15) is 65.2 Å². The van der Waals surface area contributed by atoms with Crippen molar-refractivity contribution in [3.8, 4) is 0 Å². The molecule has 88 valence electrons. The first-order valence-corrected chi connectivity index (χ1v) is 6.74. The molecule has 1 heteroatoms. The molecule has 0 radical (unpaired) electrons. The number of unbranched alkanes of at least 4 members (excludes halogenated alkanes) is 4. The summed E-state index contributed by atoms with van der Waals surface area (Å²) < 4.78 is 0. The third kappa shape index (κ3) is 5.99. The van der Waals surface area contributed by atoms with E-state index in [2.05, 4.69) is 31.3 Å². The van der Waals surface area contributed by atoms with Crippen molar-refractivity contribution in [2.24, 2.45) is 0 Å². The average molecular weight is 209 g/mol. The molecule has 0 heterocycles. The van der Waals surface area contributed by atoms with Gasteiger partial charge in [0, 0.05) is 12.1 Å². The Morgan fingerprint density at radius 1 is 1.13 bits per heavy atom. The summed E-state index contributed by atoms with van der Waals surface area (Å²) in [6.45, 7) is 4.61. The molecule has 1 atom stereocenters. The molecule has 0 amide bonds. The molecule has 0 bridgehead atoms. The Bertz CT molecular complexity index is 166. The zero-order chi connectivity index (χ0) is 10.9. The summed E-state index contributed by atoms with van der Waals surface area (Å²) in [6.07, 6.45) is 15.4. The molecular formula is C14H27N. The van der Waals surface area contributed by atoms with Crippen LogP contribution in [0.5, 0.6) is 0 Å². The van der Waals surface area contributed by atoms with Crippen LogP contribution in [0.15, 0.2) is 12.2 Å². The van der Waals surface area contributed by atoms with E-state index in [1.807, 2.05) is 0 Å². The third-order valence-corrected chi connectivity index (χ3v) is 3.27. The smallest absolute Gasteiger partial charge is 0.0138 e. The summed E-state index contributed by atoms with van der Waals surface area (Å²) in [5, 5.41) is 3.71. The lowest BCUT2D eigenvalue weighted by Crippen LogP contribution is -2.34. The molecule has 0 aliphatic heterocycles. The van der Waals surface area contributed by atoms with Crippen molar-refractivity contribution in [2.75, 3.05) is 0 Å². The molecule has 0 aromatic carbocycles. The minimum Gasteiger partial charge on any atom is -0.311 e. The lowest BCUT2D eigenvalue weighted by atomic mass is 10.1. The molecule has 1 nitrogen and oxygen atoms in total. The maximum atomic E-state index is 3.71. The van der Waals surface area contributed by atoms with E-state index in [4.69, 9.17) is 0 Å². The van der Waals surface area contributed by atoms with Gasteiger partial charge >= 0.3 is 0 Å². The molecule has 1 rings (SSSR count). The van der Waals surface area contributed by atoms with E-state index >= 15 is 0 Å². The summed E-state index contributed by atoms with van der Waals surface area (Å²) in [5.74, 6) is 0. The van der Waals surface area contributed by atoms with Gasteiger partial charge in [0.1, 0.15) is 0 Å². The van der Waals surface area contributed by atoms with Crippen LogP contribution in [-0.4, -0.2) is 12.1 Å². The Hall–Kier alpha value is -0.300. The van der Waals surface area contributed by atoms with Gasteiger partial charge in [-0.1, -0.05) is 51.2 Å². The third-order valence-electron chi connectivity index (χ3n) is 3.27. The van der Waals surface area contributed by atoms with Crippen molar-refractivity contribution < 1.29 is 0 Å². The molecule has 0 aromatic rings. The van der Waals surface area contributed by atoms with Crippen molar-refractivity contribution >= 4 is 0 Å². The molecule has 0 spiro atoms. The summed E-state index contributed by atoms with van der Waals surface area (Å²) in [5.41, 5.74) is 0. The maximum absolute atomic E-state index is 3.71. The lowest BCUT2D eigenvalue weighted by Gasteiger charge is -2.19. The van der Waals surface area contributed by atoms with Crippen LogP contribution in [0.2, 0.25) is 0 Å². The molecule has 0 saturated carbocycles. The Morgan fingerprint density at radius 2 is 1.80 bits per heavy atom. The van der Waals surface area contributed by atoms with Gasteiger partial charge in [-0.05, 0) is 26.2 Å². The van der Waals surface area contributed by atoms with Crippen LogP contribution in [0.4, 0.5) is 0 Å². The van der Waals surface area contributed by atoms with Gasteiger partial charge in [-0.2, -0.15) is 0 Å². The Labute approximate surface area is 95.3 Å². The second-order valence-electron chi connectivity index (χ2n) is 4.91. The van der Waals surface area contributed by atoms with Gasteiger partial charge in [-0.3, -0.25) is 0 Å². The highest BCUT2D eigenvalue weighted by molar-refractivity contribution is 4.98. The predicted molar refractivity (Wildman–Crippen MR) is 68.1 cm³/mol. The molecule has 0 fully saturated rings. The largest absolute Gasteiger partial charge is 0.311 e. The van der Waals surface area contributed by atoms with Crippen molar-refractivity contribution in [3.05, 3.63) is 12.2 Å². The highest BCUT2D eigenvalue weighted by atomic mass is 14.9. The van der Waals surface area contributed by atoms with E-state index < -0.39 is 0 Å². The fraction of sp³-hybridized carbons (Fsp3) is 0.857. The van der Waals surface area contributed by atoms with Gasteiger partial charge < -0.3 is 5.32 Å². The standard InChI is InChI=1S/C14H27N/c1-3-4-5-6-7-10-13(2)15-14-11-8-9-12-14/h8-9,13-15H,3-7,10-12H2,1-2H3. The van der Waals surface area contributed by atoms with Crippen LogP contribution >= 0.6 is 0 Å². The fourth-order valence-electron chi connectivity index (χ4n) is 2.29. The minimum absolute atomic E-state index is 0.705. The Kier molecular flexibility index (Phi) is 6.74. The lowest BCUT2D eigenvalue weighted by molar-refractivity contribution is 0.423. The summed E-state index contributed by atoms with van der Waals surface area (Å²) in [7, 11) is 0. The van der Waals surface area contributed by atoms with E-state index in [0.29, 0.717) is 6.04 Å². The second-order valence-corrected chi connectivity index (χ2v) is 4.91.